The molecule has 0 aromatic carbocycles. The van der Waals surface area contributed by atoms with Crippen LogP contribution in [0.2, 0.25) is 0 Å². The van der Waals surface area contributed by atoms with Crippen molar-refractivity contribution in [3.63, 3.8) is 0 Å². The minimum Gasteiger partial charge on any atom is -0.492 e. The topological polar surface area (TPSA) is 146 Å². The minimum absolute atomic E-state index is 0.0279. The molecular formula is C25H28N9O2P. The molecule has 1 amide bonds. The molecule has 4 N–H and O–H groups in total. The third-order valence-corrected chi connectivity index (χ3v) is 7.15. The Morgan fingerprint density at radius 3 is 2.54 bits per heavy atom. The lowest BCUT2D eigenvalue weighted by Gasteiger charge is -2.15. The number of carbonyl (C=O) groups excluding carboxylic acids is 1. The van der Waals surface area contributed by atoms with Gasteiger partial charge in [-0.2, -0.15) is 5.10 Å². The molecule has 190 valence electrons. The van der Waals surface area contributed by atoms with Gasteiger partial charge >= 0.3 is 0 Å². The maximum Gasteiger partial charge on any atom is 0.271 e. The molecule has 0 unspecified atom stereocenters. The van der Waals surface area contributed by atoms with E-state index in [1.165, 1.54) is 5.44 Å². The van der Waals surface area contributed by atoms with Crippen molar-refractivity contribution in [1.29, 1.82) is 0 Å². The molecule has 1 aliphatic carbocycles. The molecule has 4 aromatic heterocycles. The van der Waals surface area contributed by atoms with Gasteiger partial charge in [-0.05, 0) is 62.9 Å². The molecule has 1 saturated carbocycles. The molecule has 5 rings (SSSR count). The number of amides is 1. The molecular weight excluding hydrogens is 489 g/mol. The van der Waals surface area contributed by atoms with E-state index >= 15 is 0 Å². The van der Waals surface area contributed by atoms with Gasteiger partial charge in [-0.1, -0.05) is 7.92 Å². The zero-order valence-electron chi connectivity index (χ0n) is 21.1. The highest BCUT2D eigenvalue weighted by molar-refractivity contribution is 7.63. The summed E-state index contributed by atoms with van der Waals surface area (Å²) in [4.78, 5) is 20.9. The molecule has 0 aliphatic heterocycles. The number of hydrogen-bond acceptors (Lipinski definition) is 9. The molecule has 0 saturated heterocycles. The van der Waals surface area contributed by atoms with Crippen molar-refractivity contribution >= 4 is 42.4 Å². The van der Waals surface area contributed by atoms with Crippen LogP contribution in [0.15, 0.2) is 42.7 Å². The second-order valence-corrected chi connectivity index (χ2v) is 11.3. The standard InChI is InChI=1S/C25H28N9O2P/c1-14-7-9-27-19(11-14)30-20-12-18(22(24(26)35)32-31-20)29-25-23(36-2)16(8-10-28-25)17-13-21(37(3)4)34(33-17)15-5-6-15/h7-13,15H,5-6H2,1-4H3,(H2,26,35)(H2,27,28,29,30,31). The normalized spacial score (nSPS) is 13.0. The van der Waals surface area contributed by atoms with Crippen molar-refractivity contribution in [1.82, 2.24) is 29.9 Å². The first kappa shape index (κ1) is 24.6. The van der Waals surface area contributed by atoms with Crippen LogP contribution in [0.25, 0.3) is 11.3 Å². The van der Waals surface area contributed by atoms with E-state index < -0.39 is 5.91 Å². The van der Waals surface area contributed by atoms with E-state index in [0.29, 0.717) is 34.9 Å². The number of pyridine rings is 2. The van der Waals surface area contributed by atoms with Crippen LogP contribution in [-0.2, 0) is 0 Å². The molecule has 0 spiro atoms. The van der Waals surface area contributed by atoms with Crippen LogP contribution < -0.4 is 26.5 Å². The Hall–Kier alpha value is -4.11. The Morgan fingerprint density at radius 1 is 1.08 bits per heavy atom. The summed E-state index contributed by atoms with van der Waals surface area (Å²) in [6.45, 7) is 6.42. The third kappa shape index (κ3) is 5.22. The second-order valence-electron chi connectivity index (χ2n) is 9.02. The van der Waals surface area contributed by atoms with Gasteiger partial charge in [-0.15, -0.1) is 10.2 Å². The summed E-state index contributed by atoms with van der Waals surface area (Å²) >= 11 is 0. The van der Waals surface area contributed by atoms with E-state index in [1.807, 2.05) is 25.1 Å². The maximum atomic E-state index is 12.1. The van der Waals surface area contributed by atoms with Crippen molar-refractivity contribution < 1.29 is 9.53 Å². The minimum atomic E-state index is -0.725. The Balaban J connectivity index is 1.52. The zero-order valence-corrected chi connectivity index (χ0v) is 22.0. The first-order valence-corrected chi connectivity index (χ1v) is 14.0. The van der Waals surface area contributed by atoms with Crippen LogP contribution in [0.5, 0.6) is 5.75 Å². The van der Waals surface area contributed by atoms with E-state index in [2.05, 4.69) is 54.9 Å². The lowest BCUT2D eigenvalue weighted by molar-refractivity contribution is 0.0995. The number of hydrogen-bond donors (Lipinski definition) is 3. The lowest BCUT2D eigenvalue weighted by Crippen LogP contribution is -2.17. The quantitative estimate of drug-likeness (QED) is 0.283. The molecule has 1 aliphatic rings. The summed E-state index contributed by atoms with van der Waals surface area (Å²) in [5.74, 6) is 1.14. The van der Waals surface area contributed by atoms with Crippen LogP contribution in [0, 0.1) is 6.92 Å². The van der Waals surface area contributed by atoms with Gasteiger partial charge in [0.25, 0.3) is 5.91 Å². The second kappa shape index (κ2) is 10.1. The van der Waals surface area contributed by atoms with Crippen LogP contribution in [-0.4, -0.2) is 56.3 Å². The van der Waals surface area contributed by atoms with E-state index in [9.17, 15) is 4.79 Å². The van der Waals surface area contributed by atoms with E-state index in [-0.39, 0.29) is 13.6 Å². The van der Waals surface area contributed by atoms with Crippen molar-refractivity contribution in [3.8, 4) is 17.0 Å². The van der Waals surface area contributed by atoms with Gasteiger partial charge < -0.3 is 21.1 Å². The highest BCUT2D eigenvalue weighted by Crippen LogP contribution is 2.41. The summed E-state index contributed by atoms with van der Waals surface area (Å²) in [6, 6.07) is 9.87. The van der Waals surface area contributed by atoms with Gasteiger partial charge in [0.2, 0.25) is 0 Å². The Bertz CT molecular complexity index is 1450. The van der Waals surface area contributed by atoms with Gasteiger partial charge in [0.1, 0.15) is 5.82 Å². The summed E-state index contributed by atoms with van der Waals surface area (Å²) in [7, 11) is 1.25. The van der Waals surface area contributed by atoms with Gasteiger partial charge in [-0.25, -0.2) is 9.97 Å². The molecule has 0 atom stereocenters. The smallest absolute Gasteiger partial charge is 0.271 e. The highest BCUT2D eigenvalue weighted by atomic mass is 31.1. The lowest BCUT2D eigenvalue weighted by atomic mass is 10.1. The van der Waals surface area contributed by atoms with Crippen LogP contribution >= 0.6 is 7.92 Å². The fraction of sp³-hybridized carbons (Fsp3) is 0.280. The number of ether oxygens (including phenoxy) is 1. The van der Waals surface area contributed by atoms with Crippen LogP contribution in [0.4, 0.5) is 23.1 Å². The molecule has 12 heteroatoms. The zero-order chi connectivity index (χ0) is 26.1. The van der Waals surface area contributed by atoms with Crippen LogP contribution in [0.1, 0.15) is 34.9 Å². The van der Waals surface area contributed by atoms with Crippen LogP contribution in [0.3, 0.4) is 0 Å². The summed E-state index contributed by atoms with van der Waals surface area (Å²) in [6.07, 6.45) is 5.66. The fourth-order valence-corrected chi connectivity index (χ4v) is 4.98. The number of nitrogens with zero attached hydrogens (tertiary/aromatic N) is 6. The number of rotatable bonds is 9. The summed E-state index contributed by atoms with van der Waals surface area (Å²) in [5, 5.41) is 19.3. The first-order chi connectivity index (χ1) is 17.8. The van der Waals surface area contributed by atoms with Gasteiger partial charge in [0.05, 0.1) is 30.0 Å². The predicted octanol–water partition coefficient (Wildman–Crippen LogP) is 3.73. The number of aryl methyl sites for hydroxylation is 1. The number of primary amides is 1. The maximum absolute atomic E-state index is 12.1. The van der Waals surface area contributed by atoms with E-state index in [4.69, 9.17) is 15.6 Å². The van der Waals surface area contributed by atoms with Crippen molar-refractivity contribution in [2.24, 2.45) is 5.73 Å². The number of aromatic nitrogens is 6. The molecule has 4 heterocycles. The van der Waals surface area contributed by atoms with Crippen molar-refractivity contribution in [2.45, 2.75) is 25.8 Å². The number of carbonyl (C=O) groups is 1. The SMILES string of the molecule is COc1c(-c2cc(P(C)C)n(C3CC3)n2)ccnc1Nc1cc(Nc2cc(C)ccn2)nnc1C(N)=O. The number of nitrogens with two attached hydrogens (primary N) is 1. The largest absolute Gasteiger partial charge is 0.492 e. The molecule has 0 radical (unpaired) electrons. The summed E-state index contributed by atoms with van der Waals surface area (Å²) in [5.41, 5.74) is 9.78. The molecule has 0 bridgehead atoms. The Kier molecular flexibility index (Phi) is 6.71. The third-order valence-electron chi connectivity index (χ3n) is 5.90. The van der Waals surface area contributed by atoms with Gasteiger partial charge in [0, 0.05) is 24.0 Å². The van der Waals surface area contributed by atoms with Gasteiger partial charge in [-0.3, -0.25) is 9.48 Å². The average Bonchev–Trinajstić information content (AvgIpc) is 3.61. The average molecular weight is 518 g/mol. The predicted molar refractivity (Wildman–Crippen MR) is 145 cm³/mol. The Labute approximate surface area is 215 Å². The monoisotopic (exact) mass is 517 g/mol. The van der Waals surface area contributed by atoms with Crippen molar-refractivity contribution in [3.05, 3.63) is 54.0 Å². The fourth-order valence-electron chi connectivity index (χ4n) is 3.98. The molecule has 37 heavy (non-hydrogen) atoms. The van der Waals surface area contributed by atoms with E-state index in [1.54, 1.807) is 25.6 Å². The van der Waals surface area contributed by atoms with E-state index in [0.717, 1.165) is 29.7 Å². The van der Waals surface area contributed by atoms with Crippen molar-refractivity contribution in [2.75, 3.05) is 31.1 Å². The molecule has 1 fully saturated rings. The van der Waals surface area contributed by atoms with Gasteiger partial charge in [0.15, 0.2) is 23.1 Å². The highest BCUT2D eigenvalue weighted by Gasteiger charge is 2.29. The number of methoxy groups -OCH3 is 1. The molecule has 11 nitrogen and oxygen atoms in total. The Morgan fingerprint density at radius 2 is 1.86 bits per heavy atom. The summed E-state index contributed by atoms with van der Waals surface area (Å²) < 4.78 is 7.94. The first-order valence-electron chi connectivity index (χ1n) is 11.8. The number of nitrogens with one attached hydrogen (secondary N) is 2. The number of anilines is 4. The molecule has 4 aromatic rings.